The van der Waals surface area contributed by atoms with Gasteiger partial charge in [-0.25, -0.2) is 14.6 Å². The summed E-state index contributed by atoms with van der Waals surface area (Å²) in [4.78, 5) is 19.5. The third-order valence-electron chi connectivity index (χ3n) is 10.6. The highest BCUT2D eigenvalue weighted by atomic mass is 32.2. The van der Waals surface area contributed by atoms with Crippen molar-refractivity contribution in [1.29, 1.82) is 5.26 Å². The minimum Gasteiger partial charge on any atom is -0.598 e. The van der Waals surface area contributed by atoms with Gasteiger partial charge < -0.3 is 19.1 Å². The lowest BCUT2D eigenvalue weighted by molar-refractivity contribution is -0.0368. The molecular formula is C36H43N9O2S. The number of aromatic nitrogens is 5. The molecule has 48 heavy (non-hydrogen) atoms. The number of aryl methyl sites for hydroxylation is 1. The minimum atomic E-state index is -1.28. The topological polar surface area (TPSA) is 131 Å². The number of nitrogens with zero attached hydrogens (tertiary/aromatic N) is 8. The maximum atomic E-state index is 13.5. The highest BCUT2D eigenvalue weighted by Crippen LogP contribution is 2.54. The maximum Gasteiger partial charge on any atom is 0.183 e. The molecule has 0 saturated carbocycles. The predicted octanol–water partition coefficient (Wildman–Crippen LogP) is 5.81. The first-order valence-corrected chi connectivity index (χ1v) is 18.4. The Morgan fingerprint density at radius 2 is 1.94 bits per heavy atom. The van der Waals surface area contributed by atoms with Crippen LogP contribution in [-0.4, -0.2) is 60.3 Å². The molecule has 1 N–H and O–H groups in total. The van der Waals surface area contributed by atoms with Gasteiger partial charge in [-0.05, 0) is 101 Å². The fourth-order valence-electron chi connectivity index (χ4n) is 8.06. The quantitative estimate of drug-likeness (QED) is 0.261. The monoisotopic (exact) mass is 665 g/mol. The van der Waals surface area contributed by atoms with Gasteiger partial charge in [0.1, 0.15) is 10.6 Å². The van der Waals surface area contributed by atoms with Crippen molar-refractivity contribution in [2.24, 2.45) is 5.41 Å². The van der Waals surface area contributed by atoms with Crippen LogP contribution in [0.3, 0.4) is 0 Å². The van der Waals surface area contributed by atoms with Crippen molar-refractivity contribution < 1.29 is 9.29 Å². The number of pyridine rings is 1. The second kappa shape index (κ2) is 12.3. The average Bonchev–Trinajstić information content (AvgIpc) is 3.63. The standard InChI is InChI=1S/C36H43N9O2S/c1-35(2,3)48(46)42-32-30-24(9-6-10-25(30)22-37)21-36(32)14-18-43(19-15-36)28-23-39-31-33(40-28)45(29-13-4-5-20-47-29)41-34(31)44-17-8-11-26-27(44)12-7-16-38-26/h6-7,9-10,12,16,23,29,32,42H,4-5,8,11,13-15,17-21H2,1-3H3/t29-,32-,48-/m1/s1. The third-order valence-corrected chi connectivity index (χ3v) is 12.2. The first-order chi connectivity index (χ1) is 23.3. The maximum absolute atomic E-state index is 13.5. The van der Waals surface area contributed by atoms with E-state index < -0.39 is 16.1 Å². The number of nitriles is 1. The van der Waals surface area contributed by atoms with Crippen LogP contribution in [-0.2, 0) is 28.9 Å². The number of ether oxygens (including phenoxy) is 1. The molecule has 3 aliphatic heterocycles. The molecule has 250 valence electrons. The molecule has 8 rings (SSSR count). The highest BCUT2D eigenvalue weighted by Gasteiger charge is 2.51. The summed E-state index contributed by atoms with van der Waals surface area (Å²) in [5.74, 6) is 1.64. The minimum absolute atomic E-state index is 0.148. The van der Waals surface area contributed by atoms with Crippen LogP contribution in [0.15, 0.2) is 42.7 Å². The normalized spacial score (nSPS) is 22.8. The molecule has 11 nitrogen and oxygen atoms in total. The van der Waals surface area contributed by atoms with E-state index in [1.165, 1.54) is 5.56 Å². The van der Waals surface area contributed by atoms with Crippen LogP contribution < -0.4 is 14.5 Å². The van der Waals surface area contributed by atoms with Gasteiger partial charge in [-0.3, -0.25) is 4.98 Å². The Bertz CT molecular complexity index is 1870. The number of anilines is 3. The summed E-state index contributed by atoms with van der Waals surface area (Å²) in [6, 6.07) is 12.4. The second-order valence-corrected chi connectivity index (χ2v) is 16.7. The first-order valence-electron chi connectivity index (χ1n) is 17.3. The average molecular weight is 666 g/mol. The van der Waals surface area contributed by atoms with Crippen molar-refractivity contribution in [2.45, 2.75) is 89.2 Å². The molecule has 0 amide bonds. The number of fused-ring (bicyclic) bond motifs is 3. The van der Waals surface area contributed by atoms with Gasteiger partial charge in [0.15, 0.2) is 23.2 Å². The summed E-state index contributed by atoms with van der Waals surface area (Å²) in [5.41, 5.74) is 6.43. The van der Waals surface area contributed by atoms with Crippen LogP contribution in [0.25, 0.3) is 11.2 Å². The van der Waals surface area contributed by atoms with Gasteiger partial charge in [0, 0.05) is 49.2 Å². The zero-order chi connectivity index (χ0) is 33.0. The van der Waals surface area contributed by atoms with Crippen LogP contribution in [0.4, 0.5) is 17.3 Å². The van der Waals surface area contributed by atoms with Crippen molar-refractivity contribution in [2.75, 3.05) is 36.0 Å². The van der Waals surface area contributed by atoms with Gasteiger partial charge in [0.25, 0.3) is 0 Å². The fraction of sp³-hybridized carbons (Fsp3) is 0.528. The first kappa shape index (κ1) is 31.5. The fourth-order valence-corrected chi connectivity index (χ4v) is 8.99. The molecule has 4 aliphatic rings. The Balaban J connectivity index is 1.11. The Hall–Kier alpha value is -3.76. The molecule has 2 saturated heterocycles. The van der Waals surface area contributed by atoms with Gasteiger partial charge in [-0.2, -0.15) is 5.26 Å². The Morgan fingerprint density at radius 3 is 2.71 bits per heavy atom. The molecule has 3 aromatic heterocycles. The van der Waals surface area contributed by atoms with Crippen LogP contribution in [0.2, 0.25) is 0 Å². The van der Waals surface area contributed by atoms with Gasteiger partial charge >= 0.3 is 0 Å². The van der Waals surface area contributed by atoms with Gasteiger partial charge in [-0.1, -0.05) is 12.1 Å². The highest BCUT2D eigenvalue weighted by molar-refractivity contribution is 7.90. The van der Waals surface area contributed by atoms with Crippen molar-refractivity contribution in [1.82, 2.24) is 29.5 Å². The van der Waals surface area contributed by atoms with E-state index in [0.717, 1.165) is 111 Å². The van der Waals surface area contributed by atoms with Crippen LogP contribution in [0.1, 0.15) is 94.0 Å². The molecule has 0 unspecified atom stereocenters. The lowest BCUT2D eigenvalue weighted by Gasteiger charge is -2.44. The van der Waals surface area contributed by atoms with Gasteiger partial charge in [0.2, 0.25) is 0 Å². The SMILES string of the molecule is CC(C)(C)[S@@+]([O-])N[C@@H]1c2c(C#N)cccc2CC12CCN(c1cnc3c(N4CCCc5ncccc54)nn([C@H]4CCCCO4)c3n1)CC2. The Labute approximate surface area is 285 Å². The molecule has 4 aromatic rings. The smallest absolute Gasteiger partial charge is 0.183 e. The van der Waals surface area contributed by atoms with E-state index >= 15 is 0 Å². The van der Waals surface area contributed by atoms with Crippen molar-refractivity contribution in [3.8, 4) is 6.07 Å². The van der Waals surface area contributed by atoms with Crippen LogP contribution in [0, 0.1) is 16.7 Å². The number of nitrogens with one attached hydrogen (secondary N) is 1. The van der Waals surface area contributed by atoms with Crippen molar-refractivity contribution in [3.05, 3.63) is 65.1 Å². The molecular weight excluding hydrogens is 623 g/mol. The summed E-state index contributed by atoms with van der Waals surface area (Å²) in [5, 5.41) is 15.2. The van der Waals surface area contributed by atoms with Crippen molar-refractivity contribution in [3.63, 3.8) is 0 Å². The summed E-state index contributed by atoms with van der Waals surface area (Å²) >= 11 is -1.28. The summed E-state index contributed by atoms with van der Waals surface area (Å²) < 4.78 is 24.8. The summed E-state index contributed by atoms with van der Waals surface area (Å²) in [6.45, 7) is 9.08. The van der Waals surface area contributed by atoms with E-state index in [1.807, 2.05) is 56.0 Å². The number of hydrogen-bond acceptors (Lipinski definition) is 10. The van der Waals surface area contributed by atoms with E-state index in [2.05, 4.69) is 37.7 Å². The summed E-state index contributed by atoms with van der Waals surface area (Å²) in [7, 11) is 0. The predicted molar refractivity (Wildman–Crippen MR) is 186 cm³/mol. The number of benzene rings is 1. The molecule has 12 heteroatoms. The van der Waals surface area contributed by atoms with E-state index in [9.17, 15) is 9.81 Å². The molecule has 6 heterocycles. The Morgan fingerprint density at radius 1 is 1.08 bits per heavy atom. The van der Waals surface area contributed by atoms with E-state index in [0.29, 0.717) is 12.2 Å². The van der Waals surface area contributed by atoms with E-state index in [1.54, 1.807) is 0 Å². The largest absolute Gasteiger partial charge is 0.598 e. The number of piperidine rings is 1. The molecule has 0 radical (unpaired) electrons. The number of rotatable bonds is 5. The van der Waals surface area contributed by atoms with Crippen molar-refractivity contribution >= 4 is 39.8 Å². The molecule has 0 bridgehead atoms. The van der Waals surface area contributed by atoms with E-state index in [-0.39, 0.29) is 17.7 Å². The number of hydrogen-bond donors (Lipinski definition) is 1. The van der Waals surface area contributed by atoms with Gasteiger partial charge in [0.05, 0.1) is 35.3 Å². The molecule has 2 fully saturated rings. The van der Waals surface area contributed by atoms with Crippen LogP contribution in [0.5, 0.6) is 0 Å². The zero-order valence-corrected chi connectivity index (χ0v) is 28.8. The lowest BCUT2D eigenvalue weighted by atomic mass is 9.73. The zero-order valence-electron chi connectivity index (χ0n) is 28.0. The second-order valence-electron chi connectivity index (χ2n) is 14.7. The molecule has 3 atom stereocenters. The van der Waals surface area contributed by atoms with Crippen LogP contribution >= 0.6 is 0 Å². The van der Waals surface area contributed by atoms with E-state index in [4.69, 9.17) is 19.8 Å². The molecule has 1 aliphatic carbocycles. The third kappa shape index (κ3) is 5.41. The molecule has 1 spiro atoms. The Kier molecular flexibility index (Phi) is 8.06. The lowest BCUT2D eigenvalue weighted by Crippen LogP contribution is -2.50. The summed E-state index contributed by atoms with van der Waals surface area (Å²) in [6.07, 6.45) is 11.2. The molecule has 1 aromatic carbocycles. The van der Waals surface area contributed by atoms with Gasteiger partial charge in [-0.15, -0.1) is 9.82 Å².